The zero-order valence-electron chi connectivity index (χ0n) is 32.6. The molecule has 9 heteroatoms. The molecule has 55 heavy (non-hydrogen) atoms. The molecule has 0 unspecified atom stereocenters. The molecule has 0 fully saturated rings. The first-order chi connectivity index (χ1) is 26.7. The molecule has 290 valence electrons. The Bertz CT molecular complexity index is 1830. The first-order valence-corrected chi connectivity index (χ1v) is 19.4. The van der Waals surface area contributed by atoms with Crippen molar-refractivity contribution >= 4 is 35.2 Å². The first kappa shape index (κ1) is 42.2. The lowest BCUT2D eigenvalue weighted by Crippen LogP contribution is -2.26. The Morgan fingerprint density at radius 2 is 1.07 bits per heavy atom. The Kier molecular flexibility index (Phi) is 17.3. The summed E-state index contributed by atoms with van der Waals surface area (Å²) in [7, 11) is 0. The van der Waals surface area contributed by atoms with E-state index < -0.39 is 11.4 Å². The maximum absolute atomic E-state index is 12.8. The van der Waals surface area contributed by atoms with Crippen LogP contribution in [0.3, 0.4) is 0 Å². The van der Waals surface area contributed by atoms with Crippen molar-refractivity contribution in [2.24, 2.45) is 15.6 Å². The highest BCUT2D eigenvalue weighted by atomic mass is 16.5. The number of ketones is 1. The predicted molar refractivity (Wildman–Crippen MR) is 217 cm³/mol. The molecule has 4 rings (SSSR count). The molecular weight excluding hydrogens is 693 g/mol. The van der Waals surface area contributed by atoms with Gasteiger partial charge in [-0.1, -0.05) is 51.3 Å². The number of carbonyl (C=O) groups excluding carboxylic acids is 3. The Labute approximate surface area is 325 Å². The van der Waals surface area contributed by atoms with Crippen LogP contribution in [0.5, 0.6) is 17.2 Å². The van der Waals surface area contributed by atoms with Crippen LogP contribution >= 0.6 is 0 Å². The smallest absolute Gasteiger partial charge is 0.343 e. The van der Waals surface area contributed by atoms with Gasteiger partial charge >= 0.3 is 11.9 Å². The summed E-state index contributed by atoms with van der Waals surface area (Å²) in [6, 6.07) is 28.2. The van der Waals surface area contributed by atoms with E-state index in [1.54, 1.807) is 66.7 Å². The van der Waals surface area contributed by atoms with Crippen LogP contribution in [0.15, 0.2) is 113 Å². The number of hydrogen-bond acceptors (Lipinski definition) is 9. The van der Waals surface area contributed by atoms with E-state index >= 15 is 0 Å². The summed E-state index contributed by atoms with van der Waals surface area (Å²) in [6.07, 6.45) is 12.3. The van der Waals surface area contributed by atoms with Crippen LogP contribution in [0, 0.1) is 5.41 Å². The molecular formula is C46H54N2O7. The van der Waals surface area contributed by atoms with Crippen LogP contribution in [-0.2, 0) is 9.53 Å². The zero-order valence-corrected chi connectivity index (χ0v) is 32.6. The van der Waals surface area contributed by atoms with E-state index in [0.29, 0.717) is 48.1 Å². The SMILES string of the molecule is CCCCCCOc1ccc(C(=O)/C=C/c2ccc(OC(=O)c3ccc(/N=N/c4ccc(OCCCCCCOC(=O)C(C)(C)CC)cc4)cc3)cc2)cc1. The lowest BCUT2D eigenvalue weighted by atomic mass is 9.91. The van der Waals surface area contributed by atoms with Gasteiger partial charge in [-0.3, -0.25) is 9.59 Å². The highest BCUT2D eigenvalue weighted by molar-refractivity contribution is 6.06. The highest BCUT2D eigenvalue weighted by Gasteiger charge is 2.26. The monoisotopic (exact) mass is 746 g/mol. The fourth-order valence-corrected chi connectivity index (χ4v) is 5.16. The van der Waals surface area contributed by atoms with Gasteiger partial charge in [-0.25, -0.2) is 4.79 Å². The van der Waals surface area contributed by atoms with Gasteiger partial charge in [-0.05, 0) is 149 Å². The molecule has 0 radical (unpaired) electrons. The number of azo groups is 1. The number of ether oxygens (including phenoxy) is 4. The second-order valence-corrected chi connectivity index (χ2v) is 14.0. The minimum atomic E-state index is -0.497. The minimum Gasteiger partial charge on any atom is -0.494 e. The van der Waals surface area contributed by atoms with Gasteiger partial charge in [-0.2, -0.15) is 10.2 Å². The molecule has 4 aromatic carbocycles. The first-order valence-electron chi connectivity index (χ1n) is 19.4. The number of allylic oxidation sites excluding steroid dienone is 1. The van der Waals surface area contributed by atoms with Crippen molar-refractivity contribution in [3.8, 4) is 17.2 Å². The van der Waals surface area contributed by atoms with E-state index in [9.17, 15) is 14.4 Å². The summed E-state index contributed by atoms with van der Waals surface area (Å²) in [5.74, 6) is 1.17. The average Bonchev–Trinajstić information content (AvgIpc) is 3.21. The fourth-order valence-electron chi connectivity index (χ4n) is 5.16. The van der Waals surface area contributed by atoms with Crippen LogP contribution in [0.1, 0.15) is 112 Å². The number of esters is 2. The summed E-state index contributed by atoms with van der Waals surface area (Å²) in [4.78, 5) is 37.4. The molecule has 4 aromatic rings. The van der Waals surface area contributed by atoms with Crippen molar-refractivity contribution in [1.82, 2.24) is 0 Å². The molecule has 0 saturated heterocycles. The quantitative estimate of drug-likeness (QED) is 0.0185. The Hall–Kier alpha value is -5.57. The molecule has 0 saturated carbocycles. The summed E-state index contributed by atoms with van der Waals surface area (Å²) in [6.45, 7) is 9.73. The van der Waals surface area contributed by atoms with Crippen molar-refractivity contribution < 1.29 is 33.3 Å². The Morgan fingerprint density at radius 3 is 1.64 bits per heavy atom. The number of nitrogens with zero attached hydrogens (tertiary/aromatic N) is 2. The zero-order chi connectivity index (χ0) is 39.3. The van der Waals surface area contributed by atoms with Crippen LogP contribution in [-0.4, -0.2) is 37.5 Å². The number of hydrogen-bond donors (Lipinski definition) is 0. The maximum atomic E-state index is 12.8. The summed E-state index contributed by atoms with van der Waals surface area (Å²) in [5, 5.41) is 8.57. The van der Waals surface area contributed by atoms with Gasteiger partial charge in [0.25, 0.3) is 0 Å². The van der Waals surface area contributed by atoms with Crippen LogP contribution < -0.4 is 14.2 Å². The molecule has 9 nitrogen and oxygen atoms in total. The van der Waals surface area contributed by atoms with E-state index in [1.807, 2.05) is 57.2 Å². The standard InChI is InChI=1S/C46H54N2O7/c1-5-7-8-11-32-52-40-27-19-36(20-28-40)43(49)31-16-35-14-25-42(26-15-35)55-44(50)37-17-21-38(22-18-37)47-48-39-23-29-41(30-24-39)53-33-12-9-10-13-34-54-45(51)46(3,4)6-2/h14-31H,5-13,32-34H2,1-4H3/b31-16+,48-47+. The topological polar surface area (TPSA) is 113 Å². The maximum Gasteiger partial charge on any atom is 0.343 e. The van der Waals surface area contributed by atoms with E-state index in [0.717, 1.165) is 62.0 Å². The van der Waals surface area contributed by atoms with Gasteiger partial charge in [0.05, 0.1) is 42.2 Å². The number of benzene rings is 4. The van der Waals surface area contributed by atoms with E-state index in [-0.39, 0.29) is 11.8 Å². The number of rotatable bonds is 23. The Morgan fingerprint density at radius 1 is 0.582 bits per heavy atom. The van der Waals surface area contributed by atoms with Crippen molar-refractivity contribution in [3.63, 3.8) is 0 Å². The normalized spacial score (nSPS) is 11.5. The third-order valence-corrected chi connectivity index (χ3v) is 9.12. The molecule has 0 aromatic heterocycles. The molecule has 0 spiro atoms. The van der Waals surface area contributed by atoms with Crippen molar-refractivity contribution in [2.45, 2.75) is 85.5 Å². The summed E-state index contributed by atoms with van der Waals surface area (Å²) < 4.78 is 22.5. The largest absolute Gasteiger partial charge is 0.494 e. The molecule has 0 heterocycles. The van der Waals surface area contributed by atoms with E-state index in [4.69, 9.17) is 18.9 Å². The molecule has 0 aliphatic rings. The lowest BCUT2D eigenvalue weighted by Gasteiger charge is -2.20. The average molecular weight is 747 g/mol. The van der Waals surface area contributed by atoms with Gasteiger partial charge < -0.3 is 18.9 Å². The van der Waals surface area contributed by atoms with Crippen molar-refractivity contribution in [2.75, 3.05) is 19.8 Å². The highest BCUT2D eigenvalue weighted by Crippen LogP contribution is 2.24. The molecule has 0 aliphatic carbocycles. The van der Waals surface area contributed by atoms with Gasteiger partial charge in [-0.15, -0.1) is 0 Å². The number of unbranched alkanes of at least 4 members (excludes halogenated alkanes) is 6. The minimum absolute atomic E-state index is 0.111. The molecule has 0 bridgehead atoms. The van der Waals surface area contributed by atoms with Gasteiger partial charge in [0.15, 0.2) is 5.78 Å². The van der Waals surface area contributed by atoms with Crippen molar-refractivity contribution in [3.05, 3.63) is 120 Å². The molecule has 0 aliphatic heterocycles. The van der Waals surface area contributed by atoms with Crippen molar-refractivity contribution in [1.29, 1.82) is 0 Å². The van der Waals surface area contributed by atoms with Gasteiger partial charge in [0.1, 0.15) is 17.2 Å². The van der Waals surface area contributed by atoms with Crippen LogP contribution in [0.2, 0.25) is 0 Å². The van der Waals surface area contributed by atoms with E-state index in [1.165, 1.54) is 18.9 Å². The number of carbonyl (C=O) groups is 3. The van der Waals surface area contributed by atoms with Gasteiger partial charge in [0.2, 0.25) is 0 Å². The lowest BCUT2D eigenvalue weighted by molar-refractivity contribution is -0.154. The molecule has 0 amide bonds. The fraction of sp³-hybridized carbons (Fsp3) is 0.370. The third kappa shape index (κ3) is 15.0. The molecule has 0 atom stereocenters. The second kappa shape index (κ2) is 22.6. The van der Waals surface area contributed by atoms with Crippen LogP contribution in [0.25, 0.3) is 6.08 Å². The van der Waals surface area contributed by atoms with Gasteiger partial charge in [0, 0.05) is 5.56 Å². The second-order valence-electron chi connectivity index (χ2n) is 14.0. The third-order valence-electron chi connectivity index (χ3n) is 9.12. The molecule has 0 N–H and O–H groups in total. The van der Waals surface area contributed by atoms with E-state index in [2.05, 4.69) is 17.2 Å². The summed E-state index contributed by atoms with van der Waals surface area (Å²) in [5.41, 5.74) is 2.60. The Balaban J connectivity index is 1.14. The summed E-state index contributed by atoms with van der Waals surface area (Å²) >= 11 is 0. The predicted octanol–water partition coefficient (Wildman–Crippen LogP) is 12.1. The van der Waals surface area contributed by atoms with Crippen LogP contribution in [0.4, 0.5) is 11.4 Å².